The van der Waals surface area contributed by atoms with E-state index in [0.717, 1.165) is 11.3 Å². The lowest BCUT2D eigenvalue weighted by molar-refractivity contribution is -0.143. The van der Waals surface area contributed by atoms with Crippen molar-refractivity contribution in [2.45, 2.75) is 62.7 Å². The summed E-state index contributed by atoms with van der Waals surface area (Å²) < 4.78 is 4.40. The summed E-state index contributed by atoms with van der Waals surface area (Å²) in [6.07, 6.45) is -1.18. The fraction of sp³-hybridized carbons (Fsp3) is 0.591. The number of rotatable bonds is 8. The molecule has 1 aliphatic heterocycles. The second kappa shape index (κ2) is 10.2. The Hall–Kier alpha value is -2.07. The standard InChI is InChI=1S/C22H33N3O5S2/c1-21(2,3)25(20(28)29)17(19(27)24-13-31-12-16(24)18(23)26)22(4,5)32-11-14-7-9-15(30-6)10-8-14/h7-10,16-17H,11-13H2,1-6H3,(H2,23,26)(H,28,29)/t16-,17+/m0/s1. The van der Waals surface area contributed by atoms with E-state index in [9.17, 15) is 19.5 Å². The Morgan fingerprint density at radius 2 is 1.84 bits per heavy atom. The lowest BCUT2D eigenvalue weighted by atomic mass is 9.94. The number of thioether (sulfide) groups is 2. The molecule has 1 fully saturated rings. The van der Waals surface area contributed by atoms with E-state index >= 15 is 0 Å². The molecule has 2 atom stereocenters. The highest BCUT2D eigenvalue weighted by Gasteiger charge is 2.50. The van der Waals surface area contributed by atoms with Gasteiger partial charge in [-0.05, 0) is 52.3 Å². The second-order valence-electron chi connectivity index (χ2n) is 9.19. The fourth-order valence-electron chi connectivity index (χ4n) is 3.63. The summed E-state index contributed by atoms with van der Waals surface area (Å²) in [5.41, 5.74) is 5.72. The molecule has 0 unspecified atom stereocenters. The third-order valence-corrected chi connectivity index (χ3v) is 7.80. The number of carbonyl (C=O) groups is 3. The van der Waals surface area contributed by atoms with E-state index in [1.165, 1.54) is 33.3 Å². The highest BCUT2D eigenvalue weighted by molar-refractivity contribution is 8.00. The molecule has 1 aromatic rings. The predicted molar refractivity (Wildman–Crippen MR) is 129 cm³/mol. The molecule has 0 bridgehead atoms. The molecule has 0 saturated carbocycles. The first-order chi connectivity index (χ1) is 14.8. The van der Waals surface area contributed by atoms with E-state index in [-0.39, 0.29) is 0 Å². The Labute approximate surface area is 198 Å². The number of methoxy groups -OCH3 is 1. The molecule has 2 rings (SSSR count). The maximum absolute atomic E-state index is 13.8. The van der Waals surface area contributed by atoms with Crippen LogP contribution in [0.1, 0.15) is 40.2 Å². The van der Waals surface area contributed by atoms with Gasteiger partial charge in [0.15, 0.2) is 0 Å². The number of benzene rings is 1. The molecule has 178 valence electrons. The maximum Gasteiger partial charge on any atom is 0.408 e. The molecule has 0 aliphatic carbocycles. The average molecular weight is 484 g/mol. The lowest BCUT2D eigenvalue weighted by Crippen LogP contribution is -2.65. The van der Waals surface area contributed by atoms with E-state index in [1.807, 2.05) is 38.1 Å². The SMILES string of the molecule is COc1ccc(CSC(C)(C)[C@@H](C(=O)N2CSC[C@H]2C(N)=O)N(C(=O)O)C(C)(C)C)cc1. The number of carboxylic acid groups (broad SMARTS) is 1. The maximum atomic E-state index is 13.8. The van der Waals surface area contributed by atoms with Crippen LogP contribution in [-0.2, 0) is 15.3 Å². The summed E-state index contributed by atoms with van der Waals surface area (Å²) in [6.45, 7) is 9.02. The number of hydrogen-bond donors (Lipinski definition) is 2. The minimum absolute atomic E-state index is 0.305. The van der Waals surface area contributed by atoms with Crippen LogP contribution in [0.15, 0.2) is 24.3 Å². The van der Waals surface area contributed by atoms with E-state index in [2.05, 4.69) is 0 Å². The summed E-state index contributed by atoms with van der Waals surface area (Å²) in [6, 6.07) is 5.86. The largest absolute Gasteiger partial charge is 0.497 e. The Bertz CT molecular complexity index is 839. The first-order valence-corrected chi connectivity index (χ1v) is 12.4. The smallest absolute Gasteiger partial charge is 0.408 e. The summed E-state index contributed by atoms with van der Waals surface area (Å²) >= 11 is 2.93. The van der Waals surface area contributed by atoms with Crippen molar-refractivity contribution in [1.29, 1.82) is 0 Å². The van der Waals surface area contributed by atoms with Crippen LogP contribution in [0.5, 0.6) is 5.75 Å². The van der Waals surface area contributed by atoms with Crippen LogP contribution in [0.25, 0.3) is 0 Å². The van der Waals surface area contributed by atoms with Crippen molar-refractivity contribution >= 4 is 41.4 Å². The molecule has 0 aromatic heterocycles. The fourth-order valence-corrected chi connectivity index (χ4v) is 5.90. The highest BCUT2D eigenvalue weighted by atomic mass is 32.2. The van der Waals surface area contributed by atoms with E-state index in [1.54, 1.807) is 27.9 Å². The predicted octanol–water partition coefficient (Wildman–Crippen LogP) is 3.24. The van der Waals surface area contributed by atoms with Gasteiger partial charge in [0.25, 0.3) is 0 Å². The Kier molecular flexibility index (Phi) is 8.38. The summed E-state index contributed by atoms with van der Waals surface area (Å²) in [5.74, 6) is 1.06. The number of nitrogens with zero attached hydrogens (tertiary/aromatic N) is 2. The van der Waals surface area contributed by atoms with Crippen molar-refractivity contribution in [1.82, 2.24) is 9.80 Å². The number of ether oxygens (including phenoxy) is 1. The van der Waals surface area contributed by atoms with Crippen molar-refractivity contribution in [3.63, 3.8) is 0 Å². The van der Waals surface area contributed by atoms with Gasteiger partial charge >= 0.3 is 6.09 Å². The molecule has 1 aromatic carbocycles. The molecule has 8 nitrogen and oxygen atoms in total. The quantitative estimate of drug-likeness (QED) is 0.583. The van der Waals surface area contributed by atoms with Gasteiger partial charge in [-0.3, -0.25) is 14.5 Å². The molecule has 1 aliphatic rings. The minimum Gasteiger partial charge on any atom is -0.497 e. The molecular formula is C22H33N3O5S2. The second-order valence-corrected chi connectivity index (χ2v) is 11.8. The van der Waals surface area contributed by atoms with Gasteiger partial charge < -0.3 is 20.5 Å². The van der Waals surface area contributed by atoms with Gasteiger partial charge in [-0.15, -0.1) is 23.5 Å². The molecule has 1 saturated heterocycles. The third kappa shape index (κ3) is 6.04. The average Bonchev–Trinajstić information content (AvgIpc) is 3.19. The number of amides is 3. The number of carbonyl (C=O) groups excluding carboxylic acids is 2. The Balaban J connectivity index is 2.39. The first-order valence-electron chi connectivity index (χ1n) is 10.3. The Morgan fingerprint density at radius 1 is 1.25 bits per heavy atom. The third-order valence-electron chi connectivity index (χ3n) is 5.34. The monoisotopic (exact) mass is 483 g/mol. The summed E-state index contributed by atoms with van der Waals surface area (Å²) in [7, 11) is 1.60. The highest BCUT2D eigenvalue weighted by Crippen LogP contribution is 2.39. The van der Waals surface area contributed by atoms with Crippen LogP contribution in [0, 0.1) is 0 Å². The summed E-state index contributed by atoms with van der Waals surface area (Å²) in [5, 5.41) is 10.1. The van der Waals surface area contributed by atoms with Crippen LogP contribution in [0.2, 0.25) is 0 Å². The van der Waals surface area contributed by atoms with E-state index in [0.29, 0.717) is 17.4 Å². The van der Waals surface area contributed by atoms with Crippen molar-refractivity contribution in [2.24, 2.45) is 5.73 Å². The van der Waals surface area contributed by atoms with E-state index < -0.39 is 40.3 Å². The van der Waals surface area contributed by atoms with Crippen molar-refractivity contribution in [3.05, 3.63) is 29.8 Å². The van der Waals surface area contributed by atoms with Crippen LogP contribution in [0.3, 0.4) is 0 Å². The zero-order valence-electron chi connectivity index (χ0n) is 19.5. The van der Waals surface area contributed by atoms with Gasteiger partial charge in [-0.25, -0.2) is 4.79 Å². The van der Waals surface area contributed by atoms with Gasteiger partial charge in [0, 0.05) is 21.8 Å². The van der Waals surface area contributed by atoms with Crippen molar-refractivity contribution < 1.29 is 24.2 Å². The normalized spacial score (nSPS) is 17.7. The zero-order valence-corrected chi connectivity index (χ0v) is 21.1. The van der Waals surface area contributed by atoms with Gasteiger partial charge in [0.2, 0.25) is 11.8 Å². The van der Waals surface area contributed by atoms with E-state index in [4.69, 9.17) is 10.5 Å². The molecule has 0 radical (unpaired) electrons. The molecule has 1 heterocycles. The molecule has 32 heavy (non-hydrogen) atoms. The first kappa shape index (κ1) is 26.2. The van der Waals surface area contributed by atoms with Crippen molar-refractivity contribution in [3.8, 4) is 5.75 Å². The number of hydrogen-bond acceptors (Lipinski definition) is 6. The number of primary amides is 1. The molecular weight excluding hydrogens is 450 g/mol. The Morgan fingerprint density at radius 3 is 2.31 bits per heavy atom. The van der Waals surface area contributed by atoms with Crippen molar-refractivity contribution in [2.75, 3.05) is 18.7 Å². The molecule has 0 spiro atoms. The lowest BCUT2D eigenvalue weighted by Gasteiger charge is -2.46. The zero-order chi connectivity index (χ0) is 24.3. The van der Waals surface area contributed by atoms with Gasteiger partial charge in [0.05, 0.1) is 13.0 Å². The van der Waals surface area contributed by atoms with Crippen LogP contribution in [-0.4, -0.2) is 73.9 Å². The topological polar surface area (TPSA) is 113 Å². The van der Waals surface area contributed by atoms with Crippen LogP contribution < -0.4 is 10.5 Å². The summed E-state index contributed by atoms with van der Waals surface area (Å²) in [4.78, 5) is 40.7. The van der Waals surface area contributed by atoms with Gasteiger partial charge in [-0.1, -0.05) is 12.1 Å². The van der Waals surface area contributed by atoms with Crippen LogP contribution >= 0.6 is 23.5 Å². The van der Waals surface area contributed by atoms with Gasteiger partial charge in [0.1, 0.15) is 17.8 Å². The number of nitrogens with two attached hydrogens (primary N) is 1. The van der Waals surface area contributed by atoms with Crippen LogP contribution in [0.4, 0.5) is 4.79 Å². The minimum atomic E-state index is -1.18. The van der Waals surface area contributed by atoms with Gasteiger partial charge in [-0.2, -0.15) is 0 Å². The molecule has 10 heteroatoms. The molecule has 3 N–H and O–H groups in total. The molecule has 3 amide bonds.